The van der Waals surface area contributed by atoms with E-state index in [9.17, 15) is 0 Å². The van der Waals surface area contributed by atoms with E-state index >= 15 is 0 Å². The van der Waals surface area contributed by atoms with Gasteiger partial charge < -0.3 is 4.74 Å². The maximum Gasteiger partial charge on any atom is 0.125 e. The van der Waals surface area contributed by atoms with Crippen LogP contribution in [0.4, 0.5) is 0 Å². The zero-order chi connectivity index (χ0) is 14.9. The lowest BCUT2D eigenvalue weighted by molar-refractivity contribution is -0.0579. The molecule has 0 bridgehead atoms. The number of methoxy groups -OCH3 is 1. The van der Waals surface area contributed by atoms with Gasteiger partial charge in [0.1, 0.15) is 10.6 Å². The first-order chi connectivity index (χ1) is 10.1. The zero-order valence-corrected chi connectivity index (χ0v) is 14.8. The molecule has 1 aliphatic carbocycles. The molecule has 2 atom stereocenters. The quantitative estimate of drug-likeness (QED) is 0.703. The molecule has 1 saturated carbocycles. The van der Waals surface area contributed by atoms with Gasteiger partial charge in [0, 0.05) is 22.5 Å². The summed E-state index contributed by atoms with van der Waals surface area (Å²) in [5.41, 5.74) is 2.01. The molecule has 21 heavy (non-hydrogen) atoms. The third-order valence-corrected chi connectivity index (χ3v) is 6.11. The lowest BCUT2D eigenvalue weighted by Crippen LogP contribution is -2.34. The largest absolute Gasteiger partial charge is 0.371 e. The normalized spacial score (nSPS) is 26.0. The van der Waals surface area contributed by atoms with Gasteiger partial charge in [-0.3, -0.25) is 0 Å². The second-order valence-electron chi connectivity index (χ2n) is 5.92. The van der Waals surface area contributed by atoms with Crippen molar-refractivity contribution in [3.63, 3.8) is 0 Å². The van der Waals surface area contributed by atoms with E-state index in [1.807, 2.05) is 19.2 Å². The van der Waals surface area contributed by atoms with Gasteiger partial charge in [0.25, 0.3) is 0 Å². The van der Waals surface area contributed by atoms with Crippen LogP contribution in [0, 0.1) is 5.92 Å². The topological polar surface area (TPSA) is 22.1 Å². The van der Waals surface area contributed by atoms with E-state index in [4.69, 9.17) is 9.72 Å². The summed E-state index contributed by atoms with van der Waals surface area (Å²) < 4.78 is 7.04. The summed E-state index contributed by atoms with van der Waals surface area (Å²) in [5, 5.41) is 3.28. The molecule has 112 valence electrons. The summed E-state index contributed by atoms with van der Waals surface area (Å²) >= 11 is 5.34. The molecule has 2 unspecified atom stereocenters. The van der Waals surface area contributed by atoms with Gasteiger partial charge in [-0.05, 0) is 31.2 Å². The van der Waals surface area contributed by atoms with Gasteiger partial charge in [-0.15, -0.1) is 11.3 Å². The molecule has 0 aliphatic heterocycles. The summed E-state index contributed by atoms with van der Waals surface area (Å²) in [5.74, 6) is 0.703. The highest BCUT2D eigenvalue weighted by Crippen LogP contribution is 2.44. The fraction of sp³-hybridized carbons (Fsp3) is 0.471. The molecule has 1 aliphatic rings. The molecule has 2 aromatic rings. The van der Waals surface area contributed by atoms with Crippen molar-refractivity contribution in [3.05, 3.63) is 39.1 Å². The van der Waals surface area contributed by atoms with Crippen molar-refractivity contribution in [1.82, 2.24) is 4.98 Å². The Morgan fingerprint density at radius 2 is 2.19 bits per heavy atom. The standard InChI is InChI=1S/C17H20BrNOS/c1-12-6-5-9-17(10-12,20-2)16-19-15(11-21-16)13-7-3-4-8-14(13)18/h3-4,7-8,11-12H,5-6,9-10H2,1-2H3. The number of hydrogen-bond donors (Lipinski definition) is 0. The number of thiazole rings is 1. The molecule has 1 aromatic carbocycles. The number of nitrogens with zero attached hydrogens (tertiary/aromatic N) is 1. The van der Waals surface area contributed by atoms with Gasteiger partial charge in [-0.1, -0.05) is 47.5 Å². The zero-order valence-electron chi connectivity index (χ0n) is 12.4. The van der Waals surface area contributed by atoms with Crippen LogP contribution in [0.5, 0.6) is 0 Å². The van der Waals surface area contributed by atoms with Crippen molar-refractivity contribution >= 4 is 27.3 Å². The van der Waals surface area contributed by atoms with E-state index < -0.39 is 0 Å². The summed E-state index contributed by atoms with van der Waals surface area (Å²) in [6, 6.07) is 8.24. The molecule has 1 aromatic heterocycles. The fourth-order valence-corrected chi connectivity index (χ4v) is 4.77. The summed E-state index contributed by atoms with van der Waals surface area (Å²) in [6.45, 7) is 2.31. The van der Waals surface area contributed by atoms with Gasteiger partial charge in [0.2, 0.25) is 0 Å². The van der Waals surface area contributed by atoms with E-state index in [1.165, 1.54) is 12.8 Å². The van der Waals surface area contributed by atoms with Crippen molar-refractivity contribution in [1.29, 1.82) is 0 Å². The molecule has 1 fully saturated rings. The Kier molecular flexibility index (Phi) is 4.48. The van der Waals surface area contributed by atoms with Gasteiger partial charge >= 0.3 is 0 Å². The molecular formula is C17H20BrNOS. The summed E-state index contributed by atoms with van der Waals surface area (Å²) in [7, 11) is 1.83. The number of benzene rings is 1. The van der Waals surface area contributed by atoms with Gasteiger partial charge in [0.05, 0.1) is 5.69 Å². The highest BCUT2D eigenvalue weighted by atomic mass is 79.9. The van der Waals surface area contributed by atoms with E-state index in [2.05, 4.69) is 40.4 Å². The predicted molar refractivity (Wildman–Crippen MR) is 91.6 cm³/mol. The number of ether oxygens (including phenoxy) is 1. The molecule has 4 heteroatoms. The minimum absolute atomic E-state index is 0.179. The maximum absolute atomic E-state index is 5.95. The second-order valence-corrected chi connectivity index (χ2v) is 7.63. The van der Waals surface area contributed by atoms with Crippen LogP contribution in [0.15, 0.2) is 34.1 Å². The molecule has 0 N–H and O–H groups in total. The minimum Gasteiger partial charge on any atom is -0.371 e. The predicted octanol–water partition coefficient (Wildman–Crippen LogP) is 5.62. The Morgan fingerprint density at radius 3 is 2.90 bits per heavy atom. The maximum atomic E-state index is 5.95. The van der Waals surface area contributed by atoms with Crippen LogP contribution >= 0.6 is 27.3 Å². The summed E-state index contributed by atoms with van der Waals surface area (Å²) in [6.07, 6.45) is 4.68. The Bertz CT molecular complexity index is 627. The smallest absolute Gasteiger partial charge is 0.125 e. The van der Waals surface area contributed by atoms with Gasteiger partial charge in [-0.2, -0.15) is 0 Å². The van der Waals surface area contributed by atoms with Crippen LogP contribution < -0.4 is 0 Å². The third-order valence-electron chi connectivity index (χ3n) is 4.39. The van der Waals surface area contributed by atoms with Crippen LogP contribution in [0.25, 0.3) is 11.3 Å². The van der Waals surface area contributed by atoms with Crippen LogP contribution in [0.2, 0.25) is 0 Å². The van der Waals surface area contributed by atoms with Crippen LogP contribution in [-0.4, -0.2) is 12.1 Å². The minimum atomic E-state index is -0.179. The van der Waals surface area contributed by atoms with E-state index in [0.29, 0.717) is 5.92 Å². The SMILES string of the molecule is COC1(c2nc(-c3ccccc3Br)cs2)CCCC(C)C1. The van der Waals surface area contributed by atoms with Crippen LogP contribution in [-0.2, 0) is 10.3 Å². The number of hydrogen-bond acceptors (Lipinski definition) is 3. The van der Waals surface area contributed by atoms with Crippen LogP contribution in [0.3, 0.4) is 0 Å². The Balaban J connectivity index is 1.95. The number of halogens is 1. The summed E-state index contributed by atoms with van der Waals surface area (Å²) in [4.78, 5) is 4.91. The second kappa shape index (κ2) is 6.19. The Hall–Kier alpha value is -0.710. The van der Waals surface area contributed by atoms with Gasteiger partial charge in [0.15, 0.2) is 0 Å². The van der Waals surface area contributed by atoms with Crippen LogP contribution in [0.1, 0.15) is 37.6 Å². The third kappa shape index (κ3) is 2.94. The average molecular weight is 366 g/mol. The van der Waals surface area contributed by atoms with Crippen molar-refractivity contribution < 1.29 is 4.74 Å². The first-order valence-corrected chi connectivity index (χ1v) is 9.08. The Labute approximate surface area is 138 Å². The average Bonchev–Trinajstić information content (AvgIpc) is 2.98. The number of aromatic nitrogens is 1. The number of rotatable bonds is 3. The van der Waals surface area contributed by atoms with E-state index in [1.54, 1.807) is 11.3 Å². The monoisotopic (exact) mass is 365 g/mol. The molecule has 2 nitrogen and oxygen atoms in total. The van der Waals surface area contributed by atoms with Crippen molar-refractivity contribution in [2.24, 2.45) is 5.92 Å². The first kappa shape index (κ1) is 15.2. The molecule has 0 radical (unpaired) electrons. The molecule has 1 heterocycles. The highest BCUT2D eigenvalue weighted by Gasteiger charge is 2.39. The highest BCUT2D eigenvalue weighted by molar-refractivity contribution is 9.10. The molecule has 0 spiro atoms. The molecule has 3 rings (SSSR count). The molecule has 0 amide bonds. The molecular weight excluding hydrogens is 346 g/mol. The van der Waals surface area contributed by atoms with E-state index in [-0.39, 0.29) is 5.60 Å². The lowest BCUT2D eigenvalue weighted by Gasteiger charge is -2.37. The fourth-order valence-electron chi connectivity index (χ4n) is 3.25. The van der Waals surface area contributed by atoms with E-state index in [0.717, 1.165) is 33.6 Å². The van der Waals surface area contributed by atoms with Crippen molar-refractivity contribution in [2.45, 2.75) is 38.2 Å². The first-order valence-electron chi connectivity index (χ1n) is 7.41. The van der Waals surface area contributed by atoms with Crippen molar-refractivity contribution in [2.75, 3.05) is 7.11 Å². The lowest BCUT2D eigenvalue weighted by atomic mass is 9.79. The Morgan fingerprint density at radius 1 is 1.38 bits per heavy atom. The van der Waals surface area contributed by atoms with Crippen molar-refractivity contribution in [3.8, 4) is 11.3 Å². The molecule has 0 saturated heterocycles. The van der Waals surface area contributed by atoms with Gasteiger partial charge in [-0.25, -0.2) is 4.98 Å².